The number of hydrogen-bond donors (Lipinski definition) is 0. The van der Waals surface area contributed by atoms with Gasteiger partial charge in [-0.2, -0.15) is 0 Å². The van der Waals surface area contributed by atoms with E-state index in [0.29, 0.717) is 6.42 Å². The lowest BCUT2D eigenvalue weighted by atomic mass is 10.0. The maximum atomic E-state index is 12.4. The van der Waals surface area contributed by atoms with Crippen molar-refractivity contribution in [2.45, 2.75) is 45.4 Å². The standard InChI is InChI=1S/C19H30NO2.HI/c1-3-4-16-22-18-10-8-17(9-11-18)19(21)12-15-20(2)13-6-5-7-14-20;/h8-11H,3-7,12-16H2,1-2H3;1H/q+1;/p-1. The van der Waals surface area contributed by atoms with Crippen LogP contribution in [0.5, 0.6) is 5.75 Å². The van der Waals surface area contributed by atoms with Crippen molar-refractivity contribution in [1.29, 1.82) is 0 Å². The minimum atomic E-state index is 0. The Labute approximate surface area is 158 Å². The second-order valence-corrected chi connectivity index (χ2v) is 6.75. The summed E-state index contributed by atoms with van der Waals surface area (Å²) in [6, 6.07) is 7.64. The Morgan fingerprint density at radius 1 is 1.13 bits per heavy atom. The summed E-state index contributed by atoms with van der Waals surface area (Å²) in [6.45, 7) is 6.30. The monoisotopic (exact) mass is 431 g/mol. The van der Waals surface area contributed by atoms with Gasteiger partial charge in [-0.25, -0.2) is 0 Å². The minimum absolute atomic E-state index is 0. The molecule has 130 valence electrons. The number of carbonyl (C=O) groups is 1. The summed E-state index contributed by atoms with van der Waals surface area (Å²) < 4.78 is 6.70. The number of piperidine rings is 1. The summed E-state index contributed by atoms with van der Waals surface area (Å²) in [4.78, 5) is 12.4. The number of ketones is 1. The molecule has 0 unspecified atom stereocenters. The van der Waals surface area contributed by atoms with E-state index >= 15 is 0 Å². The molecule has 0 amide bonds. The Morgan fingerprint density at radius 2 is 1.78 bits per heavy atom. The normalized spacial score (nSPS) is 16.4. The molecule has 0 bridgehead atoms. The van der Waals surface area contributed by atoms with Gasteiger partial charge in [0.2, 0.25) is 0 Å². The highest BCUT2D eigenvalue weighted by Crippen LogP contribution is 2.18. The van der Waals surface area contributed by atoms with Crippen molar-refractivity contribution in [3.05, 3.63) is 29.8 Å². The fraction of sp³-hybridized carbons (Fsp3) is 0.632. The lowest BCUT2D eigenvalue weighted by Gasteiger charge is -2.37. The smallest absolute Gasteiger partial charge is 0.168 e. The second kappa shape index (κ2) is 10.3. The molecule has 0 aliphatic carbocycles. The first-order valence-electron chi connectivity index (χ1n) is 8.72. The molecular formula is C19H30INO2. The number of likely N-dealkylation sites (tertiary alicyclic amines) is 1. The minimum Gasteiger partial charge on any atom is -1.00 e. The fourth-order valence-corrected chi connectivity index (χ4v) is 3.09. The van der Waals surface area contributed by atoms with Crippen molar-refractivity contribution < 1.29 is 38.0 Å². The summed E-state index contributed by atoms with van der Waals surface area (Å²) in [5.41, 5.74) is 0.812. The highest BCUT2D eigenvalue weighted by Gasteiger charge is 2.25. The van der Waals surface area contributed by atoms with Gasteiger partial charge < -0.3 is 33.2 Å². The zero-order valence-electron chi connectivity index (χ0n) is 14.5. The molecule has 1 aliphatic rings. The van der Waals surface area contributed by atoms with Gasteiger partial charge in [-0.1, -0.05) is 13.3 Å². The van der Waals surface area contributed by atoms with Crippen LogP contribution in [0.25, 0.3) is 0 Å². The van der Waals surface area contributed by atoms with Gasteiger partial charge in [0.1, 0.15) is 5.75 Å². The first-order chi connectivity index (χ1) is 10.6. The van der Waals surface area contributed by atoms with Crippen LogP contribution in [0.1, 0.15) is 55.8 Å². The van der Waals surface area contributed by atoms with E-state index in [2.05, 4.69) is 14.0 Å². The van der Waals surface area contributed by atoms with Crippen LogP contribution in [0.4, 0.5) is 0 Å². The predicted molar refractivity (Wildman–Crippen MR) is 90.4 cm³/mol. The number of hydrogen-bond acceptors (Lipinski definition) is 2. The summed E-state index contributed by atoms with van der Waals surface area (Å²) in [7, 11) is 2.29. The largest absolute Gasteiger partial charge is 1.00 e. The molecule has 0 atom stereocenters. The number of benzene rings is 1. The molecular weight excluding hydrogens is 401 g/mol. The number of ether oxygens (including phenoxy) is 1. The van der Waals surface area contributed by atoms with Crippen molar-refractivity contribution >= 4 is 5.78 Å². The molecule has 23 heavy (non-hydrogen) atoms. The van der Waals surface area contributed by atoms with E-state index in [-0.39, 0.29) is 29.8 Å². The van der Waals surface area contributed by atoms with E-state index in [1.165, 1.54) is 32.4 Å². The summed E-state index contributed by atoms with van der Waals surface area (Å²) in [6.07, 6.45) is 6.79. The highest BCUT2D eigenvalue weighted by atomic mass is 127. The van der Waals surface area contributed by atoms with Crippen LogP contribution in [-0.2, 0) is 0 Å². The van der Waals surface area contributed by atoms with Gasteiger partial charge in [-0.3, -0.25) is 4.79 Å². The third-order valence-electron chi connectivity index (χ3n) is 4.72. The molecule has 0 aromatic heterocycles. The van der Waals surface area contributed by atoms with Gasteiger partial charge >= 0.3 is 0 Å². The van der Waals surface area contributed by atoms with Crippen molar-refractivity contribution in [3.63, 3.8) is 0 Å². The van der Waals surface area contributed by atoms with Crippen LogP contribution in [0, 0.1) is 0 Å². The Kier molecular flexibility index (Phi) is 9.14. The van der Waals surface area contributed by atoms with Gasteiger partial charge in [0.15, 0.2) is 5.78 Å². The maximum absolute atomic E-state index is 12.4. The van der Waals surface area contributed by atoms with Gasteiger partial charge in [-0.05, 0) is 49.9 Å². The number of nitrogens with zero attached hydrogens (tertiary/aromatic N) is 1. The summed E-state index contributed by atoms with van der Waals surface area (Å²) >= 11 is 0. The molecule has 3 nitrogen and oxygen atoms in total. The lowest BCUT2D eigenvalue weighted by molar-refractivity contribution is -0.913. The zero-order valence-corrected chi connectivity index (χ0v) is 16.7. The van der Waals surface area contributed by atoms with Gasteiger partial charge in [-0.15, -0.1) is 0 Å². The third-order valence-corrected chi connectivity index (χ3v) is 4.72. The first kappa shape index (κ1) is 20.4. The van der Waals surface area contributed by atoms with Crippen molar-refractivity contribution in [1.82, 2.24) is 0 Å². The van der Waals surface area contributed by atoms with Gasteiger partial charge in [0, 0.05) is 5.56 Å². The van der Waals surface area contributed by atoms with Crippen LogP contribution in [0.15, 0.2) is 24.3 Å². The summed E-state index contributed by atoms with van der Waals surface area (Å²) in [5, 5.41) is 0. The molecule has 1 aliphatic heterocycles. The molecule has 0 spiro atoms. The lowest BCUT2D eigenvalue weighted by Crippen LogP contribution is -3.00. The molecule has 0 radical (unpaired) electrons. The van der Waals surface area contributed by atoms with Crippen LogP contribution >= 0.6 is 0 Å². The Morgan fingerprint density at radius 3 is 2.39 bits per heavy atom. The van der Waals surface area contributed by atoms with Crippen LogP contribution in [0.2, 0.25) is 0 Å². The first-order valence-corrected chi connectivity index (χ1v) is 8.72. The quantitative estimate of drug-likeness (QED) is 0.267. The molecule has 1 aromatic carbocycles. The number of carbonyl (C=O) groups excluding carboxylic acids is 1. The molecule has 1 aromatic rings. The molecule has 0 N–H and O–H groups in total. The number of quaternary nitrogens is 1. The second-order valence-electron chi connectivity index (χ2n) is 6.75. The van der Waals surface area contributed by atoms with Crippen LogP contribution < -0.4 is 28.7 Å². The number of Topliss-reactive ketones (excluding diaryl/α,β-unsaturated/α-hetero) is 1. The van der Waals surface area contributed by atoms with Crippen molar-refractivity contribution in [3.8, 4) is 5.75 Å². The molecule has 1 fully saturated rings. The number of halogens is 1. The summed E-state index contributed by atoms with van der Waals surface area (Å²) in [5.74, 6) is 1.12. The average Bonchev–Trinajstić information content (AvgIpc) is 2.54. The fourth-order valence-electron chi connectivity index (χ4n) is 3.09. The Bertz CT molecular complexity index is 467. The Hall–Kier alpha value is -0.620. The maximum Gasteiger partial charge on any atom is 0.168 e. The van der Waals surface area contributed by atoms with E-state index < -0.39 is 0 Å². The van der Waals surface area contributed by atoms with Crippen molar-refractivity contribution in [2.75, 3.05) is 33.3 Å². The average molecular weight is 431 g/mol. The van der Waals surface area contributed by atoms with E-state index in [4.69, 9.17) is 4.74 Å². The Balaban J connectivity index is 0.00000264. The van der Waals surface area contributed by atoms with Gasteiger partial charge in [0.05, 0.1) is 39.7 Å². The zero-order chi connectivity index (χ0) is 15.8. The van der Waals surface area contributed by atoms with Crippen molar-refractivity contribution in [2.24, 2.45) is 0 Å². The molecule has 4 heteroatoms. The van der Waals surface area contributed by atoms with E-state index in [9.17, 15) is 4.79 Å². The number of unbranched alkanes of at least 4 members (excludes halogenated alkanes) is 1. The van der Waals surface area contributed by atoms with E-state index in [1.54, 1.807) is 0 Å². The van der Waals surface area contributed by atoms with Gasteiger partial charge in [0.25, 0.3) is 0 Å². The molecule has 0 saturated carbocycles. The molecule has 1 heterocycles. The molecule has 1 saturated heterocycles. The van der Waals surface area contributed by atoms with Crippen LogP contribution in [-0.4, -0.2) is 43.6 Å². The predicted octanol–water partition coefficient (Wildman–Crippen LogP) is 1.07. The third kappa shape index (κ3) is 6.79. The van der Waals surface area contributed by atoms with E-state index in [0.717, 1.165) is 41.8 Å². The van der Waals surface area contributed by atoms with E-state index in [1.807, 2.05) is 24.3 Å². The topological polar surface area (TPSA) is 26.3 Å². The number of rotatable bonds is 8. The highest BCUT2D eigenvalue weighted by molar-refractivity contribution is 5.96. The SMILES string of the molecule is CCCCOc1ccc(C(=O)CC[N+]2(C)CCCCC2)cc1.[I-]. The van der Waals surface area contributed by atoms with Crippen LogP contribution in [0.3, 0.4) is 0 Å². The molecule has 2 rings (SSSR count).